The summed E-state index contributed by atoms with van der Waals surface area (Å²) in [4.78, 5) is 15.6. The second kappa shape index (κ2) is 12.5. The van der Waals surface area contributed by atoms with Crippen molar-refractivity contribution in [3.63, 3.8) is 0 Å². The first-order valence-electron chi connectivity index (χ1n) is 12.0. The number of aromatic nitrogens is 1. The maximum Gasteiger partial charge on any atom is 0.417 e. The van der Waals surface area contributed by atoms with Crippen LogP contribution < -0.4 is 9.88 Å². The third kappa shape index (κ3) is 6.50. The zero-order valence-electron chi connectivity index (χ0n) is 21.2. The normalized spacial score (nSPS) is 17.6. The van der Waals surface area contributed by atoms with E-state index < -0.39 is 29.1 Å². The van der Waals surface area contributed by atoms with E-state index in [-0.39, 0.29) is 33.5 Å². The summed E-state index contributed by atoms with van der Waals surface area (Å²) in [5, 5.41) is 15.0. The molecule has 3 aromatic rings. The average molecular weight is 571 g/mol. The maximum atomic E-state index is 14.3. The van der Waals surface area contributed by atoms with Gasteiger partial charge in [0.25, 0.3) is 0 Å². The van der Waals surface area contributed by atoms with Crippen molar-refractivity contribution >= 4 is 30.1 Å². The monoisotopic (exact) mass is 570 g/mol. The molecule has 3 N–H and O–H groups in total. The van der Waals surface area contributed by atoms with Gasteiger partial charge in [0, 0.05) is 16.5 Å². The van der Waals surface area contributed by atoms with E-state index in [0.29, 0.717) is 17.4 Å². The molecule has 0 atom stereocenters. The second-order valence-electron chi connectivity index (χ2n) is 9.53. The summed E-state index contributed by atoms with van der Waals surface area (Å²) in [5.41, 5.74) is -0.297. The van der Waals surface area contributed by atoms with Gasteiger partial charge in [-0.05, 0) is 67.2 Å². The van der Waals surface area contributed by atoms with Gasteiger partial charge in [0.2, 0.25) is 0 Å². The Morgan fingerprint density at radius 2 is 1.79 bits per heavy atom. The van der Waals surface area contributed by atoms with Crippen molar-refractivity contribution in [1.29, 1.82) is 0 Å². The Bertz CT molecular complexity index is 1270. The first-order chi connectivity index (χ1) is 18.0. The van der Waals surface area contributed by atoms with Crippen molar-refractivity contribution < 1.29 is 32.2 Å². The fourth-order valence-corrected chi connectivity index (χ4v) is 5.82. The van der Waals surface area contributed by atoms with Gasteiger partial charge in [-0.15, -0.1) is 24.2 Å². The van der Waals surface area contributed by atoms with E-state index in [1.54, 1.807) is 6.07 Å². The van der Waals surface area contributed by atoms with Crippen LogP contribution in [0.15, 0.2) is 35.7 Å². The number of thiazole rings is 1. The van der Waals surface area contributed by atoms with Gasteiger partial charge in [-0.1, -0.05) is 26.0 Å². The fraction of sp³-hybridized carbons (Fsp3) is 0.407. The number of carbonyl (C=O) groups is 1. The van der Waals surface area contributed by atoms with Gasteiger partial charge >= 0.3 is 12.1 Å². The number of nitrogens with zero attached hydrogens (tertiary/aromatic N) is 1. The molecule has 1 heterocycles. The summed E-state index contributed by atoms with van der Waals surface area (Å²) in [6.07, 6.45) is -0.795. The van der Waals surface area contributed by atoms with Crippen LogP contribution in [0.1, 0.15) is 66.9 Å². The molecule has 1 aliphatic rings. The molecule has 0 bridgehead atoms. The summed E-state index contributed by atoms with van der Waals surface area (Å²) in [6.45, 7) is 4.38. The Kier molecular flexibility index (Phi) is 9.83. The minimum atomic E-state index is -4.57. The summed E-state index contributed by atoms with van der Waals surface area (Å²) in [6, 6.07) is 6.49. The number of thiol groups is 1. The third-order valence-electron chi connectivity index (χ3n) is 7.07. The van der Waals surface area contributed by atoms with E-state index in [2.05, 4.69) is 36.8 Å². The number of rotatable bonds is 6. The van der Waals surface area contributed by atoms with E-state index in [0.717, 1.165) is 49.2 Å². The molecule has 0 spiro atoms. The number of halogens is 4. The zero-order valence-corrected chi connectivity index (χ0v) is 22.9. The number of hydrogen-bond acceptors (Lipinski definition) is 6. The van der Waals surface area contributed by atoms with Gasteiger partial charge in [0.05, 0.1) is 23.9 Å². The van der Waals surface area contributed by atoms with Crippen LogP contribution in [-0.2, 0) is 6.18 Å². The van der Waals surface area contributed by atoms with Crippen LogP contribution in [0.2, 0.25) is 0 Å². The summed E-state index contributed by atoms with van der Waals surface area (Å²) in [7, 11) is 1.30. The number of alkyl halides is 3. The minimum absolute atomic E-state index is 0.0417. The SMILES string of the molecule is COc1cc(C(=O)O)c(F)cc1-c1csc(-c2ccc(C3CCC(C(C)C)CC3)cc2C(F)(F)F)n1.NS. The van der Waals surface area contributed by atoms with Crippen molar-refractivity contribution in [1.82, 2.24) is 4.98 Å². The lowest BCUT2D eigenvalue weighted by Gasteiger charge is -2.31. The fourth-order valence-electron chi connectivity index (χ4n) is 4.96. The molecule has 1 fully saturated rings. The van der Waals surface area contributed by atoms with Gasteiger partial charge in [-0.2, -0.15) is 13.2 Å². The zero-order chi connectivity index (χ0) is 28.2. The summed E-state index contributed by atoms with van der Waals surface area (Å²) in [5.74, 6) is -1.09. The Hall–Kier alpha value is -2.63. The van der Waals surface area contributed by atoms with Crippen molar-refractivity contribution in [3.05, 3.63) is 58.2 Å². The lowest BCUT2D eigenvalue weighted by molar-refractivity contribution is -0.137. The first-order valence-corrected chi connectivity index (χ1v) is 13.4. The highest BCUT2D eigenvalue weighted by Gasteiger charge is 2.36. The van der Waals surface area contributed by atoms with Gasteiger partial charge < -0.3 is 9.84 Å². The standard InChI is InChI=1S/C27H27F4NO3S.H3NS/c1-14(2)15-4-6-16(7-5-15)17-8-9-18(21(10-17)27(29,30)31)25-32-23(13-36-25)20-11-22(28)19(26(33)34)12-24(20)35-3;1-2/h8-16H,4-7H2,1-3H3,(H,33,34);2H,1H2. The molecular weight excluding hydrogens is 540 g/mol. The number of hydrogen-bond donors (Lipinski definition) is 3. The van der Waals surface area contributed by atoms with Crippen LogP contribution >= 0.6 is 24.2 Å². The lowest BCUT2D eigenvalue weighted by atomic mass is 9.74. The molecule has 206 valence electrons. The predicted molar refractivity (Wildman–Crippen MR) is 144 cm³/mol. The summed E-state index contributed by atoms with van der Waals surface area (Å²) >= 11 is 4.03. The molecule has 1 aromatic heterocycles. The third-order valence-corrected chi connectivity index (χ3v) is 7.94. The number of nitrogens with two attached hydrogens (primary N) is 1. The number of aromatic carboxylic acids is 1. The van der Waals surface area contributed by atoms with Crippen LogP contribution in [-0.4, -0.2) is 23.2 Å². The molecule has 5 nitrogen and oxygen atoms in total. The van der Waals surface area contributed by atoms with Gasteiger partial charge in [0.15, 0.2) is 0 Å². The number of methoxy groups -OCH3 is 1. The number of carboxylic acids is 1. The Labute approximate surface area is 228 Å². The van der Waals surface area contributed by atoms with Gasteiger partial charge in [0.1, 0.15) is 16.6 Å². The Balaban J connectivity index is 0.00000195. The van der Waals surface area contributed by atoms with Gasteiger partial charge in [-0.25, -0.2) is 14.2 Å². The molecule has 1 saturated carbocycles. The Morgan fingerprint density at radius 3 is 2.34 bits per heavy atom. The molecule has 1 aliphatic carbocycles. The van der Waals surface area contributed by atoms with Crippen molar-refractivity contribution in [2.45, 2.75) is 51.6 Å². The van der Waals surface area contributed by atoms with Crippen molar-refractivity contribution in [3.8, 4) is 27.6 Å². The predicted octanol–water partition coefficient (Wildman–Crippen LogP) is 8.06. The molecule has 4 rings (SSSR count). The molecule has 0 saturated heterocycles. The molecule has 0 unspecified atom stereocenters. The molecular formula is C27H30F4N2O3S2. The van der Waals surface area contributed by atoms with Gasteiger partial charge in [-0.3, -0.25) is 5.14 Å². The lowest BCUT2D eigenvalue weighted by Crippen LogP contribution is -2.18. The molecule has 38 heavy (non-hydrogen) atoms. The van der Waals surface area contributed by atoms with E-state index in [9.17, 15) is 22.4 Å². The minimum Gasteiger partial charge on any atom is -0.496 e. The average Bonchev–Trinajstić information content (AvgIpc) is 3.39. The smallest absolute Gasteiger partial charge is 0.417 e. The van der Waals surface area contributed by atoms with Crippen molar-refractivity contribution in [2.24, 2.45) is 17.0 Å². The number of ether oxygens (including phenoxy) is 1. The van der Waals surface area contributed by atoms with E-state index in [1.807, 2.05) is 0 Å². The highest BCUT2D eigenvalue weighted by molar-refractivity contribution is 7.77. The molecule has 11 heteroatoms. The van der Waals surface area contributed by atoms with E-state index in [4.69, 9.17) is 9.84 Å². The van der Waals surface area contributed by atoms with Crippen LogP contribution in [0.3, 0.4) is 0 Å². The summed E-state index contributed by atoms with van der Waals surface area (Å²) < 4.78 is 61.9. The van der Waals surface area contributed by atoms with E-state index >= 15 is 0 Å². The molecule has 0 aliphatic heterocycles. The number of carboxylic acid groups (broad SMARTS) is 1. The molecule has 0 radical (unpaired) electrons. The van der Waals surface area contributed by atoms with Crippen LogP contribution in [0.5, 0.6) is 5.75 Å². The molecule has 0 amide bonds. The van der Waals surface area contributed by atoms with Crippen LogP contribution in [0.4, 0.5) is 17.6 Å². The molecule has 2 aromatic carbocycles. The highest BCUT2D eigenvalue weighted by atomic mass is 32.1. The Morgan fingerprint density at radius 1 is 1.13 bits per heavy atom. The van der Waals surface area contributed by atoms with E-state index in [1.165, 1.54) is 24.6 Å². The van der Waals surface area contributed by atoms with Crippen LogP contribution in [0, 0.1) is 17.7 Å². The van der Waals surface area contributed by atoms with Crippen LogP contribution in [0.25, 0.3) is 21.8 Å². The highest BCUT2D eigenvalue weighted by Crippen LogP contribution is 2.44. The quantitative estimate of drug-likeness (QED) is 0.206. The first kappa shape index (κ1) is 29.9. The van der Waals surface area contributed by atoms with Crippen molar-refractivity contribution in [2.75, 3.05) is 7.11 Å². The largest absolute Gasteiger partial charge is 0.496 e. The number of benzene rings is 2. The topological polar surface area (TPSA) is 85.4 Å². The second-order valence-corrected chi connectivity index (χ2v) is 10.4. The maximum absolute atomic E-state index is 14.3.